The Morgan fingerprint density at radius 1 is 1.17 bits per heavy atom. The molecule has 3 amide bonds. The van der Waals surface area contributed by atoms with E-state index in [1.807, 2.05) is 0 Å². The molecule has 8 nitrogen and oxygen atoms in total. The zero-order valence-corrected chi connectivity index (χ0v) is 17.3. The molecule has 1 saturated heterocycles. The maximum atomic E-state index is 12.8. The number of hydrogen-bond donors (Lipinski definition) is 2. The van der Waals surface area contributed by atoms with Crippen LogP contribution in [0.2, 0.25) is 5.02 Å². The Kier molecular flexibility index (Phi) is 6.76. The Bertz CT molecular complexity index is 816. The summed E-state index contributed by atoms with van der Waals surface area (Å²) in [5.74, 6) is -0.425. The summed E-state index contributed by atoms with van der Waals surface area (Å²) in [4.78, 5) is 40.5. The second-order valence-corrected chi connectivity index (χ2v) is 7.41. The number of nitrogens with one attached hydrogen (secondary N) is 2. The van der Waals surface area contributed by atoms with Gasteiger partial charge in [-0.25, -0.2) is 9.59 Å². The molecule has 1 atom stereocenters. The Morgan fingerprint density at radius 3 is 2.41 bits per heavy atom. The summed E-state index contributed by atoms with van der Waals surface area (Å²) in [5.41, 5.74) is 1.64. The zero-order chi connectivity index (χ0) is 21.0. The van der Waals surface area contributed by atoms with Crippen molar-refractivity contribution in [1.82, 2.24) is 20.4 Å². The number of amides is 3. The lowest BCUT2D eigenvalue weighted by Crippen LogP contribution is -2.52. The number of piperazine rings is 1. The lowest BCUT2D eigenvalue weighted by molar-refractivity contribution is -0.139. The van der Waals surface area contributed by atoms with Gasteiger partial charge in [0.1, 0.15) is 0 Å². The van der Waals surface area contributed by atoms with Crippen LogP contribution in [-0.4, -0.2) is 67.0 Å². The molecular weight excluding hydrogens is 396 g/mol. The van der Waals surface area contributed by atoms with Crippen molar-refractivity contribution in [2.45, 2.75) is 19.9 Å². The van der Waals surface area contributed by atoms with Crippen LogP contribution in [0.3, 0.4) is 0 Å². The molecule has 2 aliphatic rings. The van der Waals surface area contributed by atoms with E-state index < -0.39 is 12.0 Å². The standard InChI is InChI=1S/C20H25ClN4O4/c1-3-29-19(27)17-16(12-24-8-10-25(11-9-24)13(2)26)22-20(28)23-18(17)14-4-6-15(21)7-5-14/h4-7,18H,3,8-12H2,1-2H3,(H2,22,23,28). The number of nitrogens with zero attached hydrogens (tertiary/aromatic N) is 2. The third kappa shape index (κ3) is 5.07. The monoisotopic (exact) mass is 420 g/mol. The summed E-state index contributed by atoms with van der Waals surface area (Å²) in [6, 6.07) is 5.98. The van der Waals surface area contributed by atoms with Gasteiger partial charge in [0.15, 0.2) is 0 Å². The van der Waals surface area contributed by atoms with Crippen molar-refractivity contribution in [3.8, 4) is 0 Å². The van der Waals surface area contributed by atoms with Crippen LogP contribution in [0.15, 0.2) is 35.5 Å². The normalized spacial score (nSPS) is 20.2. The Balaban J connectivity index is 1.89. The van der Waals surface area contributed by atoms with E-state index in [-0.39, 0.29) is 18.5 Å². The van der Waals surface area contributed by atoms with Crippen molar-refractivity contribution in [2.24, 2.45) is 0 Å². The van der Waals surface area contributed by atoms with Crippen LogP contribution in [0, 0.1) is 0 Å². The average Bonchev–Trinajstić information content (AvgIpc) is 2.68. The minimum Gasteiger partial charge on any atom is -0.463 e. The van der Waals surface area contributed by atoms with Crippen molar-refractivity contribution in [2.75, 3.05) is 39.3 Å². The Hall–Kier alpha value is -2.58. The maximum absolute atomic E-state index is 12.8. The summed E-state index contributed by atoms with van der Waals surface area (Å²) in [6.07, 6.45) is 0. The third-order valence-electron chi connectivity index (χ3n) is 5.05. The Morgan fingerprint density at radius 2 is 1.83 bits per heavy atom. The number of halogens is 1. The molecule has 3 rings (SSSR count). The van der Waals surface area contributed by atoms with Gasteiger partial charge in [0.2, 0.25) is 5.91 Å². The van der Waals surface area contributed by atoms with E-state index in [1.165, 1.54) is 0 Å². The number of carbonyl (C=O) groups excluding carboxylic acids is 3. The van der Waals surface area contributed by atoms with Crippen molar-refractivity contribution in [3.05, 3.63) is 46.1 Å². The highest BCUT2D eigenvalue weighted by Gasteiger charge is 2.34. The highest BCUT2D eigenvalue weighted by molar-refractivity contribution is 6.30. The molecular formula is C20H25ClN4O4. The van der Waals surface area contributed by atoms with Gasteiger partial charge in [-0.1, -0.05) is 23.7 Å². The van der Waals surface area contributed by atoms with Gasteiger partial charge in [-0.2, -0.15) is 0 Å². The zero-order valence-electron chi connectivity index (χ0n) is 16.5. The first kappa shape index (κ1) is 21.1. The van der Waals surface area contributed by atoms with E-state index in [4.69, 9.17) is 16.3 Å². The quantitative estimate of drug-likeness (QED) is 0.707. The van der Waals surface area contributed by atoms with E-state index in [0.29, 0.717) is 49.0 Å². The molecule has 1 aromatic rings. The summed E-state index contributed by atoms with van der Waals surface area (Å²) in [6.45, 7) is 6.47. The van der Waals surface area contributed by atoms with Crippen LogP contribution in [0.5, 0.6) is 0 Å². The second-order valence-electron chi connectivity index (χ2n) is 6.98. The van der Waals surface area contributed by atoms with Gasteiger partial charge < -0.3 is 20.3 Å². The maximum Gasteiger partial charge on any atom is 0.338 e. The molecule has 2 aliphatic heterocycles. The van der Waals surface area contributed by atoms with Crippen LogP contribution < -0.4 is 10.6 Å². The summed E-state index contributed by atoms with van der Waals surface area (Å²) in [7, 11) is 0. The fourth-order valence-electron chi connectivity index (χ4n) is 3.54. The van der Waals surface area contributed by atoms with Crippen molar-refractivity contribution < 1.29 is 19.1 Å². The average molecular weight is 421 g/mol. The van der Waals surface area contributed by atoms with Gasteiger partial charge >= 0.3 is 12.0 Å². The van der Waals surface area contributed by atoms with Gasteiger partial charge in [0.05, 0.1) is 18.2 Å². The first-order valence-electron chi connectivity index (χ1n) is 9.60. The summed E-state index contributed by atoms with van der Waals surface area (Å²) < 4.78 is 5.27. The van der Waals surface area contributed by atoms with E-state index in [2.05, 4.69) is 15.5 Å². The highest BCUT2D eigenvalue weighted by atomic mass is 35.5. The van der Waals surface area contributed by atoms with Crippen molar-refractivity contribution in [3.63, 3.8) is 0 Å². The minimum atomic E-state index is -0.631. The second kappa shape index (κ2) is 9.28. The highest BCUT2D eigenvalue weighted by Crippen LogP contribution is 2.29. The first-order valence-corrected chi connectivity index (χ1v) is 9.97. The molecule has 9 heteroatoms. The lowest BCUT2D eigenvalue weighted by Gasteiger charge is -2.36. The molecule has 0 radical (unpaired) electrons. The molecule has 1 fully saturated rings. The summed E-state index contributed by atoms with van der Waals surface area (Å²) >= 11 is 5.98. The van der Waals surface area contributed by atoms with Crippen molar-refractivity contribution >= 4 is 29.5 Å². The summed E-state index contributed by atoms with van der Waals surface area (Å²) in [5, 5.41) is 6.15. The van der Waals surface area contributed by atoms with Crippen LogP contribution in [-0.2, 0) is 14.3 Å². The molecule has 1 unspecified atom stereocenters. The Labute approximate surface area is 174 Å². The van der Waals surface area contributed by atoms with Gasteiger partial charge in [-0.05, 0) is 24.6 Å². The molecule has 0 spiro atoms. The van der Waals surface area contributed by atoms with E-state index in [9.17, 15) is 14.4 Å². The molecule has 2 heterocycles. The van der Waals surface area contributed by atoms with Gasteiger partial charge in [0, 0.05) is 50.4 Å². The fourth-order valence-corrected chi connectivity index (χ4v) is 3.67. The number of ether oxygens (including phenoxy) is 1. The molecule has 1 aromatic carbocycles. The smallest absolute Gasteiger partial charge is 0.338 e. The van der Waals surface area contributed by atoms with Gasteiger partial charge in [-0.3, -0.25) is 9.69 Å². The van der Waals surface area contributed by atoms with E-state index >= 15 is 0 Å². The minimum absolute atomic E-state index is 0.0500. The number of esters is 1. The molecule has 156 valence electrons. The SMILES string of the molecule is CCOC(=O)C1=C(CN2CCN(C(C)=O)CC2)NC(=O)NC1c1ccc(Cl)cc1. The number of rotatable bonds is 5. The number of carbonyl (C=O) groups is 3. The van der Waals surface area contributed by atoms with E-state index in [1.54, 1.807) is 43.0 Å². The van der Waals surface area contributed by atoms with Crippen LogP contribution in [0.4, 0.5) is 4.79 Å². The van der Waals surface area contributed by atoms with Crippen LogP contribution in [0.25, 0.3) is 0 Å². The molecule has 29 heavy (non-hydrogen) atoms. The number of urea groups is 1. The van der Waals surface area contributed by atoms with Crippen molar-refractivity contribution in [1.29, 1.82) is 0 Å². The largest absolute Gasteiger partial charge is 0.463 e. The van der Waals surface area contributed by atoms with Gasteiger partial charge in [-0.15, -0.1) is 0 Å². The third-order valence-corrected chi connectivity index (χ3v) is 5.30. The molecule has 0 aromatic heterocycles. The van der Waals surface area contributed by atoms with E-state index in [0.717, 1.165) is 5.56 Å². The predicted molar refractivity (Wildman–Crippen MR) is 108 cm³/mol. The topological polar surface area (TPSA) is 91.0 Å². The first-order chi connectivity index (χ1) is 13.9. The van der Waals surface area contributed by atoms with Crippen LogP contribution >= 0.6 is 11.6 Å². The van der Waals surface area contributed by atoms with Gasteiger partial charge in [0.25, 0.3) is 0 Å². The molecule has 0 bridgehead atoms. The molecule has 0 aliphatic carbocycles. The molecule has 2 N–H and O–H groups in total. The van der Waals surface area contributed by atoms with Crippen LogP contribution in [0.1, 0.15) is 25.5 Å². The molecule has 0 saturated carbocycles. The number of hydrogen-bond acceptors (Lipinski definition) is 5. The fraction of sp³-hybridized carbons (Fsp3) is 0.450. The predicted octanol–water partition coefficient (Wildman–Crippen LogP) is 1.68. The number of benzene rings is 1. The lowest BCUT2D eigenvalue weighted by atomic mass is 9.95.